The molecule has 0 saturated heterocycles. The fourth-order valence-corrected chi connectivity index (χ4v) is 8.60. The summed E-state index contributed by atoms with van der Waals surface area (Å²) in [6.07, 6.45) is 1.98. The summed E-state index contributed by atoms with van der Waals surface area (Å²) in [5.74, 6) is 0.179. The molecule has 0 bridgehead atoms. The van der Waals surface area contributed by atoms with E-state index >= 15 is 0 Å². The third-order valence-corrected chi connectivity index (χ3v) is 11.7. The van der Waals surface area contributed by atoms with Crippen LogP contribution in [0.15, 0.2) is 144 Å². The van der Waals surface area contributed by atoms with Gasteiger partial charge in [0, 0.05) is 50.0 Å². The molecule has 4 heterocycles. The number of benzene rings is 5. The smallest absolute Gasteiger partial charge is 0.216 e. The summed E-state index contributed by atoms with van der Waals surface area (Å²) < 4.78 is 17.0. The average Bonchev–Trinajstić information content (AvgIpc) is 3.76. The van der Waals surface area contributed by atoms with Gasteiger partial charge in [-0.25, -0.2) is 4.98 Å². The first-order chi connectivity index (χ1) is 26.5. The average molecular weight is 912 g/mol. The Kier molecular flexibility index (Phi) is 10.4. The summed E-state index contributed by atoms with van der Waals surface area (Å²) in [6, 6.07) is 51.7. The zero-order valence-electron chi connectivity index (χ0n) is 32.8. The van der Waals surface area contributed by atoms with Crippen LogP contribution < -0.4 is 5.19 Å². The van der Waals surface area contributed by atoms with Gasteiger partial charge in [-0.15, -0.1) is 54.1 Å². The van der Waals surface area contributed by atoms with Crippen LogP contribution in [0.1, 0.15) is 32.4 Å². The van der Waals surface area contributed by atoms with Crippen molar-refractivity contribution in [3.05, 3.63) is 163 Å². The molecule has 0 saturated carbocycles. The first-order valence-corrected chi connectivity index (χ1v) is 21.8. The Morgan fingerprint density at radius 2 is 1.51 bits per heavy atom. The van der Waals surface area contributed by atoms with Crippen LogP contribution in [0.25, 0.3) is 72.6 Å². The molecule has 0 fully saturated rings. The summed E-state index contributed by atoms with van der Waals surface area (Å²) in [4.78, 5) is 14.3. The Balaban J connectivity index is 0.000000197. The van der Waals surface area contributed by atoms with Crippen molar-refractivity contribution in [1.82, 2.24) is 19.5 Å². The second-order valence-corrected chi connectivity index (χ2v) is 19.8. The van der Waals surface area contributed by atoms with E-state index in [1.54, 1.807) is 0 Å². The number of rotatable bonds is 6. The maximum absolute atomic E-state index is 8.44. The molecule has 0 atom stereocenters. The van der Waals surface area contributed by atoms with Gasteiger partial charge in [0.05, 0.1) is 30.5 Å². The van der Waals surface area contributed by atoms with Crippen molar-refractivity contribution >= 4 is 46.4 Å². The number of nitrogens with zero attached hydrogens (tertiary/aromatic N) is 4. The predicted molar refractivity (Wildman–Crippen MR) is 226 cm³/mol. The molecule has 4 aromatic heterocycles. The summed E-state index contributed by atoms with van der Waals surface area (Å²) >= 11 is 0. The Morgan fingerprint density at radius 3 is 2.27 bits per heavy atom. The summed E-state index contributed by atoms with van der Waals surface area (Å²) in [5.41, 5.74) is 11.4. The molecule has 0 aliphatic rings. The number of hydrogen-bond acceptors (Lipinski definition) is 4. The normalized spacial score (nSPS) is 11.9. The van der Waals surface area contributed by atoms with Crippen molar-refractivity contribution in [2.24, 2.45) is 0 Å². The zero-order chi connectivity index (χ0) is 38.3. The van der Waals surface area contributed by atoms with Gasteiger partial charge in [-0.2, -0.15) is 0 Å². The van der Waals surface area contributed by atoms with Crippen LogP contribution in [-0.2, 0) is 20.1 Å². The Hall–Kier alpha value is -5.46. The molecular weight excluding hydrogens is 869 g/mol. The summed E-state index contributed by atoms with van der Waals surface area (Å²) in [6.45, 7) is 12.8. The van der Waals surface area contributed by atoms with E-state index in [1.165, 1.54) is 5.19 Å². The predicted octanol–water partition coefficient (Wildman–Crippen LogP) is 12.0. The molecular formula is C48H42IrN4OSi-2. The van der Waals surface area contributed by atoms with Crippen molar-refractivity contribution in [2.75, 3.05) is 0 Å². The van der Waals surface area contributed by atoms with Gasteiger partial charge in [-0.1, -0.05) is 117 Å². The molecule has 5 aromatic carbocycles. The van der Waals surface area contributed by atoms with Crippen molar-refractivity contribution in [3.8, 4) is 39.5 Å². The van der Waals surface area contributed by atoms with E-state index in [-0.39, 0.29) is 20.1 Å². The number of aryl methyl sites for hydroxylation is 1. The van der Waals surface area contributed by atoms with Crippen LogP contribution in [0.4, 0.5) is 0 Å². The van der Waals surface area contributed by atoms with Gasteiger partial charge in [0.25, 0.3) is 0 Å². The third-order valence-electron chi connectivity index (χ3n) is 9.69. The van der Waals surface area contributed by atoms with Crippen LogP contribution >= 0.6 is 0 Å². The molecule has 275 valence electrons. The molecule has 0 N–H and O–H groups in total. The number of fused-ring (bicyclic) bond motifs is 4. The van der Waals surface area contributed by atoms with E-state index in [0.717, 1.165) is 78.1 Å². The minimum Gasteiger partial charge on any atom is -0.486 e. The van der Waals surface area contributed by atoms with Crippen LogP contribution in [0.5, 0.6) is 0 Å². The zero-order valence-corrected chi connectivity index (χ0v) is 35.2. The SMILES string of the molecule is Cc1ccc2c(n1)oc1c(-c3nc4ccccc4n3-c3ccccc3-c3ccccc3)[c-]ccc12.[2H]C(C)(C)c1cc(-c2[c-]cccc2)ncc1[Si](C)(C)C.[Ir]. The largest absolute Gasteiger partial charge is 0.486 e. The van der Waals surface area contributed by atoms with E-state index < -0.39 is 14.0 Å². The Bertz CT molecular complexity index is 2800. The van der Waals surface area contributed by atoms with Gasteiger partial charge >= 0.3 is 0 Å². The molecule has 0 amide bonds. The van der Waals surface area contributed by atoms with Crippen LogP contribution in [0, 0.1) is 19.1 Å². The monoisotopic (exact) mass is 912 g/mol. The first-order valence-electron chi connectivity index (χ1n) is 18.8. The van der Waals surface area contributed by atoms with E-state index in [2.05, 4.69) is 113 Å². The third kappa shape index (κ3) is 7.48. The van der Waals surface area contributed by atoms with Crippen molar-refractivity contribution in [3.63, 3.8) is 0 Å². The molecule has 5 nitrogen and oxygen atoms in total. The minimum absolute atomic E-state index is 0. The first kappa shape index (κ1) is 36.5. The molecule has 0 spiro atoms. The molecule has 0 aliphatic heterocycles. The molecule has 7 heteroatoms. The molecule has 9 aromatic rings. The van der Waals surface area contributed by atoms with E-state index in [4.69, 9.17) is 10.8 Å². The number of aromatic nitrogens is 4. The van der Waals surface area contributed by atoms with E-state index in [1.807, 2.05) is 93.7 Å². The standard InChI is InChI=1S/C31H20N3O.C17H22NSi.Ir/c1-20-18-19-24-23-13-9-14-25(29(23)35-31(24)32-20)30-33-26-15-6-8-17-28(26)34(30)27-16-7-5-12-22(27)21-10-3-2-4-11-21;1-13(2)15-11-16(14-9-7-6-8-10-14)18-12-17(15)19(3,4)5;/h2-13,15-19H,1H3;6-9,11-13H,1-5H3;/q2*-1;/i;13D;. The minimum atomic E-state index is -1.50. The number of hydrogen-bond donors (Lipinski definition) is 0. The molecule has 55 heavy (non-hydrogen) atoms. The number of para-hydroxylation sites is 3. The Labute approximate surface area is 338 Å². The number of furan rings is 1. The summed E-state index contributed by atoms with van der Waals surface area (Å²) in [5, 5.41) is 3.28. The van der Waals surface area contributed by atoms with Crippen molar-refractivity contribution in [1.29, 1.82) is 0 Å². The quantitative estimate of drug-likeness (QED) is 0.123. The van der Waals surface area contributed by atoms with E-state index in [0.29, 0.717) is 5.71 Å². The topological polar surface area (TPSA) is 56.7 Å². The fourth-order valence-electron chi connectivity index (χ4n) is 7.02. The summed E-state index contributed by atoms with van der Waals surface area (Å²) in [7, 11) is -1.50. The second kappa shape index (κ2) is 15.7. The fraction of sp³-hybridized carbons (Fsp3) is 0.146. The van der Waals surface area contributed by atoms with Crippen molar-refractivity contribution in [2.45, 2.75) is 46.3 Å². The van der Waals surface area contributed by atoms with E-state index in [9.17, 15) is 0 Å². The van der Waals surface area contributed by atoms with Gasteiger partial charge in [0.15, 0.2) is 0 Å². The molecule has 1 radical (unpaired) electrons. The number of imidazole rings is 1. The number of pyridine rings is 2. The van der Waals surface area contributed by atoms with Crippen LogP contribution in [0.2, 0.25) is 19.6 Å². The van der Waals surface area contributed by atoms with Gasteiger partial charge in [-0.05, 0) is 59.6 Å². The maximum Gasteiger partial charge on any atom is 0.216 e. The molecule has 9 rings (SSSR count). The molecule has 0 unspecified atom stereocenters. The van der Waals surface area contributed by atoms with Crippen molar-refractivity contribution < 1.29 is 25.9 Å². The maximum atomic E-state index is 8.44. The van der Waals surface area contributed by atoms with Gasteiger partial charge in [0.1, 0.15) is 0 Å². The van der Waals surface area contributed by atoms with Gasteiger partial charge < -0.3 is 14.0 Å². The van der Waals surface area contributed by atoms with Gasteiger partial charge in [0.2, 0.25) is 5.71 Å². The van der Waals surface area contributed by atoms with Gasteiger partial charge in [-0.3, -0.25) is 4.98 Å². The van der Waals surface area contributed by atoms with Crippen LogP contribution in [0.3, 0.4) is 0 Å². The molecule has 0 aliphatic carbocycles. The second-order valence-electron chi connectivity index (χ2n) is 14.8. The Morgan fingerprint density at radius 1 is 0.764 bits per heavy atom. The van der Waals surface area contributed by atoms with Crippen LogP contribution in [-0.4, -0.2) is 27.6 Å².